The number of hydrogen-bond donors (Lipinski definition) is 1. The number of unbranched alkanes of at least 4 members (excludes halogenated alkanes) is 25. The quantitative estimate of drug-likeness (QED) is 0.0620. The molecule has 1 heterocycles. The van der Waals surface area contributed by atoms with Crippen LogP contribution < -0.4 is 5.32 Å². The fraction of sp³-hybridized carbons (Fsp3) is 0.841. The molecule has 3 heteroatoms. The smallest absolute Gasteiger partial charge is 0.309 e. The number of nitrogens with two attached hydrogens (primary N) is 1. The first-order chi connectivity index (χ1) is 23.2. The monoisotopic (exact) mass is 655 g/mol. The van der Waals surface area contributed by atoms with Gasteiger partial charge in [0, 0.05) is 12.8 Å². The van der Waals surface area contributed by atoms with Gasteiger partial charge in [-0.1, -0.05) is 218 Å². The van der Waals surface area contributed by atoms with E-state index in [4.69, 9.17) is 4.74 Å². The number of quaternary nitrogens is 1. The minimum Gasteiger partial charge on any atom is -0.453 e. The molecule has 0 radical (unpaired) electrons. The summed E-state index contributed by atoms with van der Waals surface area (Å²) in [6.07, 6.45) is 40.9. The summed E-state index contributed by atoms with van der Waals surface area (Å²) in [5, 5.41) is 2.37. The number of ether oxygens (including phenoxy) is 1. The van der Waals surface area contributed by atoms with Gasteiger partial charge in [-0.25, -0.2) is 0 Å². The lowest BCUT2D eigenvalue weighted by Crippen LogP contribution is -2.87. The number of benzene rings is 1. The van der Waals surface area contributed by atoms with Crippen LogP contribution in [0.25, 0.3) is 0 Å². The van der Waals surface area contributed by atoms with Gasteiger partial charge >= 0.3 is 5.97 Å². The van der Waals surface area contributed by atoms with Crippen LogP contribution in [0, 0.1) is 5.92 Å². The standard InChI is InChI=1S/C44H79NO2/c1-3-5-7-9-11-13-15-17-19-21-23-25-27-30-34-41(33-29-26-24-22-20-18-16-14-12-10-8-6-4-2)43(46)47-44(37-39-45-40-38-44)42-35-31-28-32-36-42/h28,31-32,35-36,41,45H,3-27,29-30,33-34,37-40H2,1-2H3/p+1. The van der Waals surface area contributed by atoms with Crippen molar-refractivity contribution in [3.8, 4) is 0 Å². The minimum absolute atomic E-state index is 0.0616. The normalized spacial score (nSPS) is 15.1. The maximum Gasteiger partial charge on any atom is 0.309 e. The molecule has 3 nitrogen and oxygen atoms in total. The largest absolute Gasteiger partial charge is 0.453 e. The number of carbonyl (C=O) groups excluding carboxylic acids is 1. The van der Waals surface area contributed by atoms with Crippen molar-refractivity contribution in [2.45, 2.75) is 218 Å². The fourth-order valence-corrected chi connectivity index (χ4v) is 7.78. The van der Waals surface area contributed by atoms with Gasteiger partial charge in [-0.15, -0.1) is 0 Å². The van der Waals surface area contributed by atoms with Crippen LogP contribution in [0.5, 0.6) is 0 Å². The summed E-state index contributed by atoms with van der Waals surface area (Å²) in [6, 6.07) is 10.6. The topological polar surface area (TPSA) is 42.9 Å². The Kier molecular flexibility index (Phi) is 26.3. The summed E-state index contributed by atoms with van der Waals surface area (Å²) in [4.78, 5) is 13.9. The Morgan fingerprint density at radius 2 is 0.894 bits per heavy atom. The van der Waals surface area contributed by atoms with E-state index < -0.39 is 5.60 Å². The Labute approximate surface area is 293 Å². The SMILES string of the molecule is CCCCCCCCCCCCCCCCC(CCCCCCCCCCCCCCC)C(=O)OC1(c2ccccc2)CC[NH2+]CC1. The number of hydrogen-bond acceptors (Lipinski definition) is 2. The molecule has 1 unspecified atom stereocenters. The van der Waals surface area contributed by atoms with E-state index in [0.29, 0.717) is 0 Å². The van der Waals surface area contributed by atoms with Crippen molar-refractivity contribution in [3.63, 3.8) is 0 Å². The molecule has 1 fully saturated rings. The average molecular weight is 655 g/mol. The third-order valence-corrected chi connectivity index (χ3v) is 11.0. The van der Waals surface area contributed by atoms with Gasteiger partial charge in [0.25, 0.3) is 0 Å². The zero-order chi connectivity index (χ0) is 33.5. The molecule has 0 amide bonds. The third kappa shape index (κ3) is 20.7. The first-order valence-electron chi connectivity index (χ1n) is 21.3. The predicted octanol–water partition coefficient (Wildman–Crippen LogP) is 12.8. The van der Waals surface area contributed by atoms with Gasteiger partial charge in [-0.3, -0.25) is 4.79 Å². The Hall–Kier alpha value is -1.35. The molecule has 47 heavy (non-hydrogen) atoms. The van der Waals surface area contributed by atoms with Gasteiger partial charge in [-0.05, 0) is 18.4 Å². The van der Waals surface area contributed by atoms with Crippen molar-refractivity contribution in [2.24, 2.45) is 5.92 Å². The van der Waals surface area contributed by atoms with Gasteiger partial charge in [0.2, 0.25) is 0 Å². The van der Waals surface area contributed by atoms with Gasteiger partial charge < -0.3 is 10.1 Å². The van der Waals surface area contributed by atoms with Crippen LogP contribution in [0.2, 0.25) is 0 Å². The van der Waals surface area contributed by atoms with E-state index in [1.807, 2.05) is 0 Å². The maximum atomic E-state index is 13.9. The highest BCUT2D eigenvalue weighted by atomic mass is 16.6. The molecular formula is C44H80NO2+. The highest BCUT2D eigenvalue weighted by molar-refractivity contribution is 5.73. The lowest BCUT2D eigenvalue weighted by Gasteiger charge is -2.37. The van der Waals surface area contributed by atoms with Crippen molar-refractivity contribution in [1.29, 1.82) is 0 Å². The lowest BCUT2D eigenvalue weighted by atomic mass is 9.84. The second-order valence-corrected chi connectivity index (χ2v) is 15.3. The summed E-state index contributed by atoms with van der Waals surface area (Å²) in [5.41, 5.74) is 0.759. The second-order valence-electron chi connectivity index (χ2n) is 15.3. The molecule has 0 aromatic heterocycles. The lowest BCUT2D eigenvalue weighted by molar-refractivity contribution is -0.668. The highest BCUT2D eigenvalue weighted by Gasteiger charge is 2.40. The van der Waals surface area contributed by atoms with Crippen LogP contribution in [0.1, 0.15) is 218 Å². The summed E-state index contributed by atoms with van der Waals surface area (Å²) >= 11 is 0. The maximum absolute atomic E-state index is 13.9. The van der Waals surface area contributed by atoms with Gasteiger partial charge in [-0.2, -0.15) is 0 Å². The van der Waals surface area contributed by atoms with Crippen LogP contribution in [0.4, 0.5) is 0 Å². The van der Waals surface area contributed by atoms with E-state index in [1.165, 1.54) is 179 Å². The molecule has 2 rings (SSSR count). The van der Waals surface area contributed by atoms with Crippen LogP contribution in [-0.4, -0.2) is 19.1 Å². The Morgan fingerprint density at radius 1 is 0.553 bits per heavy atom. The number of carbonyl (C=O) groups is 1. The van der Waals surface area contributed by atoms with Crippen molar-refractivity contribution in [1.82, 2.24) is 0 Å². The minimum atomic E-state index is -0.434. The van der Waals surface area contributed by atoms with E-state index in [-0.39, 0.29) is 11.9 Å². The van der Waals surface area contributed by atoms with E-state index >= 15 is 0 Å². The molecule has 1 saturated heterocycles. The van der Waals surface area contributed by atoms with E-state index in [9.17, 15) is 4.79 Å². The molecule has 1 aromatic carbocycles. The van der Waals surface area contributed by atoms with E-state index in [0.717, 1.165) is 38.8 Å². The summed E-state index contributed by atoms with van der Waals surface area (Å²) < 4.78 is 6.60. The molecule has 0 aliphatic carbocycles. The van der Waals surface area contributed by atoms with Crippen molar-refractivity contribution in [2.75, 3.05) is 13.1 Å². The Balaban J connectivity index is 1.69. The first-order valence-corrected chi connectivity index (χ1v) is 21.3. The Bertz CT molecular complexity index is 817. The predicted molar refractivity (Wildman–Crippen MR) is 204 cm³/mol. The number of esters is 1. The Morgan fingerprint density at radius 3 is 1.26 bits per heavy atom. The fourth-order valence-electron chi connectivity index (χ4n) is 7.78. The molecular weight excluding hydrogens is 574 g/mol. The van der Waals surface area contributed by atoms with Crippen molar-refractivity contribution < 1.29 is 14.8 Å². The molecule has 1 atom stereocenters. The molecule has 1 aromatic rings. The summed E-state index contributed by atoms with van der Waals surface area (Å²) in [5.74, 6) is 0.149. The third-order valence-electron chi connectivity index (χ3n) is 11.0. The van der Waals surface area contributed by atoms with Crippen LogP contribution >= 0.6 is 0 Å². The molecule has 272 valence electrons. The van der Waals surface area contributed by atoms with Crippen molar-refractivity contribution >= 4 is 5.97 Å². The molecule has 1 aliphatic rings. The summed E-state index contributed by atoms with van der Waals surface area (Å²) in [6.45, 7) is 6.66. The molecule has 0 bridgehead atoms. The second kappa shape index (κ2) is 29.6. The zero-order valence-electron chi connectivity index (χ0n) is 31.7. The molecule has 1 aliphatic heterocycles. The highest BCUT2D eigenvalue weighted by Crippen LogP contribution is 2.36. The van der Waals surface area contributed by atoms with Gasteiger partial charge in [0.1, 0.15) is 5.60 Å². The average Bonchev–Trinajstić information content (AvgIpc) is 3.10. The van der Waals surface area contributed by atoms with E-state index in [1.54, 1.807) is 0 Å². The molecule has 0 saturated carbocycles. The number of piperidine rings is 1. The van der Waals surface area contributed by atoms with Gasteiger partial charge in [0.05, 0.1) is 19.0 Å². The van der Waals surface area contributed by atoms with Crippen LogP contribution in [0.3, 0.4) is 0 Å². The number of rotatable bonds is 32. The van der Waals surface area contributed by atoms with Crippen LogP contribution in [-0.2, 0) is 15.1 Å². The van der Waals surface area contributed by atoms with Crippen LogP contribution in [0.15, 0.2) is 30.3 Å². The zero-order valence-corrected chi connectivity index (χ0v) is 31.7. The summed E-state index contributed by atoms with van der Waals surface area (Å²) in [7, 11) is 0. The van der Waals surface area contributed by atoms with Crippen molar-refractivity contribution in [3.05, 3.63) is 35.9 Å². The van der Waals surface area contributed by atoms with Gasteiger partial charge in [0.15, 0.2) is 0 Å². The molecule has 2 N–H and O–H groups in total. The molecule has 0 spiro atoms. The first kappa shape index (κ1) is 41.8. The van der Waals surface area contributed by atoms with E-state index in [2.05, 4.69) is 49.5 Å².